The van der Waals surface area contributed by atoms with Gasteiger partial charge in [0.1, 0.15) is 11.4 Å². The Hall–Kier alpha value is -1.45. The molecular weight excluding hydrogens is 286 g/mol. The summed E-state index contributed by atoms with van der Waals surface area (Å²) < 4.78 is 27.2. The molecule has 0 bridgehead atoms. The number of rotatable bonds is 10. The van der Waals surface area contributed by atoms with Gasteiger partial charge in [0.15, 0.2) is 0 Å². The molecular formula is C11H19N3O5S. The van der Waals surface area contributed by atoms with Gasteiger partial charge in [-0.2, -0.15) is 5.10 Å². The zero-order valence-corrected chi connectivity index (χ0v) is 11.8. The van der Waals surface area contributed by atoms with Crippen molar-refractivity contribution in [2.45, 2.75) is 37.1 Å². The maximum absolute atomic E-state index is 11.9. The van der Waals surface area contributed by atoms with Gasteiger partial charge in [-0.3, -0.25) is 9.48 Å². The van der Waals surface area contributed by atoms with E-state index in [0.717, 1.165) is 23.7 Å². The van der Waals surface area contributed by atoms with Crippen molar-refractivity contribution in [2.75, 3.05) is 13.2 Å². The number of carboxylic acid groups (broad SMARTS) is 1. The lowest BCUT2D eigenvalue weighted by Gasteiger charge is -2.04. The first-order valence-electron chi connectivity index (χ1n) is 6.30. The normalized spacial score (nSPS) is 11.7. The summed E-state index contributed by atoms with van der Waals surface area (Å²) in [6.45, 7) is 0.0725. The molecule has 0 spiro atoms. The van der Waals surface area contributed by atoms with Crippen LogP contribution in [0.2, 0.25) is 0 Å². The second kappa shape index (κ2) is 7.98. The summed E-state index contributed by atoms with van der Waals surface area (Å²) >= 11 is 0. The predicted octanol–water partition coefficient (Wildman–Crippen LogP) is -0.201. The number of aromatic nitrogens is 2. The molecule has 0 unspecified atom stereocenters. The topological polar surface area (TPSA) is 122 Å². The van der Waals surface area contributed by atoms with Crippen LogP contribution in [0.25, 0.3) is 0 Å². The highest BCUT2D eigenvalue weighted by atomic mass is 32.2. The molecule has 0 saturated carbocycles. The molecule has 20 heavy (non-hydrogen) atoms. The molecule has 0 aliphatic rings. The van der Waals surface area contributed by atoms with E-state index in [1.165, 1.54) is 6.20 Å². The van der Waals surface area contributed by atoms with Gasteiger partial charge in [0.2, 0.25) is 10.0 Å². The van der Waals surface area contributed by atoms with Crippen LogP contribution in [0.1, 0.15) is 25.7 Å². The average molecular weight is 305 g/mol. The van der Waals surface area contributed by atoms with Crippen molar-refractivity contribution in [2.24, 2.45) is 0 Å². The Morgan fingerprint density at radius 3 is 2.65 bits per heavy atom. The summed E-state index contributed by atoms with van der Waals surface area (Å²) in [7, 11) is -3.64. The second-order valence-electron chi connectivity index (χ2n) is 4.30. The van der Waals surface area contributed by atoms with E-state index in [9.17, 15) is 13.2 Å². The Morgan fingerprint density at radius 2 is 2.00 bits per heavy atom. The number of nitrogens with one attached hydrogen (secondary N) is 1. The Kier molecular flexibility index (Phi) is 6.62. The number of sulfonamides is 1. The number of aliphatic hydroxyl groups is 1. The minimum absolute atomic E-state index is 0.0471. The second-order valence-corrected chi connectivity index (χ2v) is 6.07. The number of unbranched alkanes of at least 4 members (excludes halogenated alkanes) is 3. The summed E-state index contributed by atoms with van der Waals surface area (Å²) in [6.07, 6.45) is 5.40. The van der Waals surface area contributed by atoms with E-state index in [0.29, 0.717) is 19.4 Å². The summed E-state index contributed by atoms with van der Waals surface area (Å²) in [5.74, 6) is -1.09. The number of aliphatic carboxylic acids is 1. The Morgan fingerprint density at radius 1 is 1.30 bits per heavy atom. The number of hydrogen-bond donors (Lipinski definition) is 3. The number of hydrogen-bond acceptors (Lipinski definition) is 5. The van der Waals surface area contributed by atoms with Crippen molar-refractivity contribution >= 4 is 16.0 Å². The van der Waals surface area contributed by atoms with E-state index in [1.807, 2.05) is 0 Å². The first-order valence-corrected chi connectivity index (χ1v) is 7.79. The molecule has 1 rings (SSSR count). The van der Waals surface area contributed by atoms with Crippen LogP contribution in [0.3, 0.4) is 0 Å². The zero-order chi connectivity index (χ0) is 15.0. The van der Waals surface area contributed by atoms with E-state index >= 15 is 0 Å². The van der Waals surface area contributed by atoms with Gasteiger partial charge in [-0.25, -0.2) is 13.1 Å². The molecule has 1 aromatic heterocycles. The van der Waals surface area contributed by atoms with Crippen LogP contribution in [0.4, 0.5) is 0 Å². The van der Waals surface area contributed by atoms with Gasteiger partial charge in [0.25, 0.3) is 0 Å². The molecule has 0 radical (unpaired) electrons. The Balaban J connectivity index is 2.43. The first-order chi connectivity index (χ1) is 9.45. The molecule has 0 atom stereocenters. The quantitative estimate of drug-likeness (QED) is 0.515. The molecule has 3 N–H and O–H groups in total. The number of aliphatic hydroxyl groups excluding tert-OH is 1. The molecule has 1 heterocycles. The SMILES string of the molecule is O=C(O)Cn1cc(S(=O)(=O)NCCCCCCO)cn1. The highest BCUT2D eigenvalue weighted by Crippen LogP contribution is 2.07. The van der Waals surface area contributed by atoms with Crippen LogP contribution in [0, 0.1) is 0 Å². The van der Waals surface area contributed by atoms with E-state index in [2.05, 4.69) is 9.82 Å². The molecule has 0 aromatic carbocycles. The van der Waals surface area contributed by atoms with Crippen molar-refractivity contribution in [1.82, 2.24) is 14.5 Å². The highest BCUT2D eigenvalue weighted by Gasteiger charge is 2.16. The maximum atomic E-state index is 11.9. The predicted molar refractivity (Wildman–Crippen MR) is 70.6 cm³/mol. The third kappa shape index (κ3) is 5.68. The van der Waals surface area contributed by atoms with Crippen molar-refractivity contribution in [3.05, 3.63) is 12.4 Å². The zero-order valence-electron chi connectivity index (χ0n) is 11.0. The third-order valence-electron chi connectivity index (χ3n) is 2.59. The smallest absolute Gasteiger partial charge is 0.325 e. The summed E-state index contributed by atoms with van der Waals surface area (Å²) in [6, 6.07) is 0. The fourth-order valence-electron chi connectivity index (χ4n) is 1.59. The van der Waals surface area contributed by atoms with E-state index in [4.69, 9.17) is 10.2 Å². The van der Waals surface area contributed by atoms with Crippen molar-refractivity contribution in [3.63, 3.8) is 0 Å². The highest BCUT2D eigenvalue weighted by molar-refractivity contribution is 7.89. The van der Waals surface area contributed by atoms with Gasteiger partial charge in [0, 0.05) is 19.3 Å². The lowest BCUT2D eigenvalue weighted by atomic mass is 10.2. The molecule has 0 fully saturated rings. The van der Waals surface area contributed by atoms with E-state index in [-0.39, 0.29) is 18.0 Å². The van der Waals surface area contributed by atoms with Gasteiger partial charge < -0.3 is 10.2 Å². The molecule has 0 aliphatic carbocycles. The monoisotopic (exact) mass is 305 g/mol. The molecule has 1 aromatic rings. The van der Waals surface area contributed by atoms with Gasteiger partial charge in [0.05, 0.1) is 6.20 Å². The van der Waals surface area contributed by atoms with Crippen LogP contribution in [0.15, 0.2) is 17.3 Å². The lowest BCUT2D eigenvalue weighted by molar-refractivity contribution is -0.137. The molecule has 0 amide bonds. The van der Waals surface area contributed by atoms with E-state index < -0.39 is 16.0 Å². The van der Waals surface area contributed by atoms with Crippen LogP contribution in [0.5, 0.6) is 0 Å². The molecule has 0 aliphatic heterocycles. The molecule has 114 valence electrons. The van der Waals surface area contributed by atoms with Gasteiger partial charge in [-0.1, -0.05) is 12.8 Å². The van der Waals surface area contributed by atoms with Crippen LogP contribution >= 0.6 is 0 Å². The minimum Gasteiger partial charge on any atom is -0.480 e. The Labute approximate surface area is 117 Å². The largest absolute Gasteiger partial charge is 0.480 e. The van der Waals surface area contributed by atoms with Gasteiger partial charge in [-0.05, 0) is 12.8 Å². The van der Waals surface area contributed by atoms with Crippen molar-refractivity contribution in [3.8, 4) is 0 Å². The van der Waals surface area contributed by atoms with Crippen molar-refractivity contribution in [1.29, 1.82) is 0 Å². The van der Waals surface area contributed by atoms with Crippen LogP contribution in [-0.4, -0.2) is 47.5 Å². The maximum Gasteiger partial charge on any atom is 0.325 e. The number of nitrogens with zero attached hydrogens (tertiary/aromatic N) is 2. The third-order valence-corrected chi connectivity index (χ3v) is 4.01. The molecule has 8 nitrogen and oxygen atoms in total. The van der Waals surface area contributed by atoms with Crippen LogP contribution < -0.4 is 4.72 Å². The lowest BCUT2D eigenvalue weighted by Crippen LogP contribution is -2.24. The van der Waals surface area contributed by atoms with E-state index in [1.54, 1.807) is 0 Å². The molecule has 9 heteroatoms. The van der Waals surface area contributed by atoms with Crippen molar-refractivity contribution < 1.29 is 23.4 Å². The van der Waals surface area contributed by atoms with Gasteiger partial charge in [-0.15, -0.1) is 0 Å². The van der Waals surface area contributed by atoms with Crippen LogP contribution in [-0.2, 0) is 21.4 Å². The average Bonchev–Trinajstić information content (AvgIpc) is 2.82. The molecule has 0 saturated heterocycles. The fraction of sp³-hybridized carbons (Fsp3) is 0.636. The Bertz CT molecular complexity index is 526. The number of carbonyl (C=O) groups is 1. The summed E-state index contributed by atoms with van der Waals surface area (Å²) in [5.41, 5.74) is 0. The summed E-state index contributed by atoms with van der Waals surface area (Å²) in [4.78, 5) is 10.4. The minimum atomic E-state index is -3.64. The standard InChI is InChI=1S/C11H19N3O5S/c15-6-4-2-1-3-5-13-20(18,19)10-7-12-14(8-10)9-11(16)17/h7-8,13,15H,1-6,9H2,(H,16,17). The summed E-state index contributed by atoms with van der Waals surface area (Å²) in [5, 5.41) is 20.9. The first kappa shape index (κ1) is 16.6. The fourth-order valence-corrected chi connectivity index (χ4v) is 2.61. The number of carboxylic acids is 1. The van der Waals surface area contributed by atoms with Gasteiger partial charge >= 0.3 is 5.97 Å².